The molecular weight excluding hydrogens is 995 g/mol. The number of rotatable bonds is 13. The zero-order chi connectivity index (χ0) is 57.1. The molecule has 0 saturated carbocycles. The first kappa shape index (κ1) is 61.5. The highest BCUT2D eigenvalue weighted by Gasteiger charge is 2.39. The molecule has 10 nitrogen and oxygen atoms in total. The van der Waals surface area contributed by atoms with Crippen LogP contribution in [-0.2, 0) is 58.1 Å². The lowest BCUT2D eigenvalue weighted by Gasteiger charge is -2.43. The van der Waals surface area contributed by atoms with Crippen molar-refractivity contribution in [1.29, 1.82) is 0 Å². The van der Waals surface area contributed by atoms with Gasteiger partial charge in [-0.2, -0.15) is 0 Å². The maximum atomic E-state index is 12.9. The molecule has 7 atom stereocenters. The van der Waals surface area contributed by atoms with Crippen LogP contribution in [0.3, 0.4) is 0 Å². The van der Waals surface area contributed by atoms with Crippen LogP contribution < -0.4 is 0 Å². The number of allylic oxidation sites excluding steroid dienone is 2. The van der Waals surface area contributed by atoms with Gasteiger partial charge in [-0.05, 0) is 119 Å². The van der Waals surface area contributed by atoms with Gasteiger partial charge in [-0.15, -0.1) is 6.58 Å². The fourth-order valence-electron chi connectivity index (χ4n) is 11.2. The second-order valence-electron chi connectivity index (χ2n) is 21.4. The highest BCUT2D eigenvalue weighted by molar-refractivity contribution is 5.83. The molecule has 0 spiro atoms. The van der Waals surface area contributed by atoms with Gasteiger partial charge in [-0.3, -0.25) is 4.79 Å². The van der Waals surface area contributed by atoms with E-state index in [1.165, 1.54) is 23.1 Å². The predicted molar refractivity (Wildman–Crippen MR) is 322 cm³/mol. The van der Waals surface area contributed by atoms with Gasteiger partial charge in [-0.25, -0.2) is 14.4 Å². The fraction of sp³-hybridized carbons (Fsp3) is 0.371. The van der Waals surface area contributed by atoms with E-state index < -0.39 is 0 Å². The first-order chi connectivity index (χ1) is 38.9. The summed E-state index contributed by atoms with van der Waals surface area (Å²) in [6.45, 7) is 16.7. The molecule has 3 aliphatic heterocycles. The number of Topliss-reactive ketones (excluding diaryl/α,β-unsaturated/α-hetero) is 1. The Balaban J connectivity index is 0.000000189. The number of carbonyl (C=O) groups excluding carboxylic acids is 4. The number of amides is 3. The molecule has 0 aliphatic carbocycles. The Morgan fingerprint density at radius 2 is 0.762 bits per heavy atom. The molecular formula is C70H85N3O7. The highest BCUT2D eigenvalue weighted by Crippen LogP contribution is 2.33. The number of benzene rings is 6. The average molecular weight is 1080 g/mol. The Morgan fingerprint density at radius 1 is 0.450 bits per heavy atom. The Kier molecular flexibility index (Phi) is 25.4. The lowest BCUT2D eigenvalue weighted by atomic mass is 9.83. The summed E-state index contributed by atoms with van der Waals surface area (Å²) in [7, 11) is 0. The maximum Gasteiger partial charge on any atom is 0.410 e. The van der Waals surface area contributed by atoms with Crippen molar-refractivity contribution < 1.29 is 33.4 Å². The van der Waals surface area contributed by atoms with E-state index in [1.54, 1.807) is 11.0 Å². The van der Waals surface area contributed by atoms with E-state index in [4.69, 9.17) is 14.2 Å². The summed E-state index contributed by atoms with van der Waals surface area (Å²) in [5.41, 5.74) is 8.07. The molecule has 3 saturated heterocycles. The summed E-state index contributed by atoms with van der Waals surface area (Å²) < 4.78 is 16.8. The molecule has 80 heavy (non-hydrogen) atoms. The van der Waals surface area contributed by atoms with Crippen LogP contribution in [0.4, 0.5) is 14.4 Å². The fourth-order valence-corrected chi connectivity index (χ4v) is 11.2. The lowest BCUT2D eigenvalue weighted by molar-refractivity contribution is -0.124. The number of carbonyl (C=O) groups is 4. The molecule has 0 bridgehead atoms. The largest absolute Gasteiger partial charge is 0.445 e. The van der Waals surface area contributed by atoms with E-state index in [1.807, 2.05) is 157 Å². The van der Waals surface area contributed by atoms with Crippen LogP contribution in [0.15, 0.2) is 206 Å². The Morgan fingerprint density at radius 3 is 1.11 bits per heavy atom. The van der Waals surface area contributed by atoms with Crippen LogP contribution in [0.2, 0.25) is 0 Å². The summed E-state index contributed by atoms with van der Waals surface area (Å²) in [4.78, 5) is 56.2. The standard InChI is InChI=1S/C23H29NO2.C23H27NO2.C21H23NO3.C3H6/c2*1-3-19-14-18(2)24(22(15-19)16-20-10-6-4-7-11-20)23(25)26-17-21-12-8-5-9-13-21;1-16-12-20(23)14-19(13-17-8-4-2-5-9-17)22(16)21(24)25-15-18-10-6-3-7-11-18;1-3-2/h4-13,18-19,22H,3,14-17H2,1-2H3;3-13,18,22H,14-17H2,1-2H3;2-11,16,19H,12-15H2,1H3;3H,1H2,2H3/b;19-3+;;/t18-,19+,22-;18-,22-;16-,19+;/m111./s1. The molecule has 6 aromatic carbocycles. The Bertz CT molecular complexity index is 2800. The van der Waals surface area contributed by atoms with Gasteiger partial charge in [0, 0.05) is 49.1 Å². The van der Waals surface area contributed by atoms with E-state index in [-0.39, 0.29) is 66.9 Å². The minimum absolute atomic E-state index is 0.135. The van der Waals surface area contributed by atoms with Gasteiger partial charge in [0.15, 0.2) is 0 Å². The van der Waals surface area contributed by atoms with Crippen molar-refractivity contribution in [3.63, 3.8) is 0 Å². The minimum Gasteiger partial charge on any atom is -0.445 e. The molecule has 3 amide bonds. The number of nitrogens with zero attached hydrogens (tertiary/aromatic N) is 3. The predicted octanol–water partition coefficient (Wildman–Crippen LogP) is 16.0. The zero-order valence-electron chi connectivity index (χ0n) is 48.1. The summed E-state index contributed by atoms with van der Waals surface area (Å²) in [5.74, 6) is 0.887. The van der Waals surface area contributed by atoms with Gasteiger partial charge in [0.05, 0.1) is 0 Å². The molecule has 0 radical (unpaired) electrons. The first-order valence-corrected chi connectivity index (χ1v) is 28.7. The second kappa shape index (κ2) is 33.0. The molecule has 0 unspecified atom stereocenters. The highest BCUT2D eigenvalue weighted by atomic mass is 16.6. The van der Waals surface area contributed by atoms with E-state index in [0.29, 0.717) is 38.4 Å². The molecule has 0 aromatic heterocycles. The quantitative estimate of drug-likeness (QED) is 0.0838. The summed E-state index contributed by atoms with van der Waals surface area (Å²) in [6, 6.07) is 60.6. The van der Waals surface area contributed by atoms with Crippen LogP contribution in [0.5, 0.6) is 0 Å². The van der Waals surface area contributed by atoms with E-state index in [2.05, 4.69) is 88.9 Å². The lowest BCUT2D eigenvalue weighted by Crippen LogP contribution is -2.52. The number of ketones is 1. The van der Waals surface area contributed by atoms with Gasteiger partial charge in [0.25, 0.3) is 0 Å². The third-order valence-electron chi connectivity index (χ3n) is 15.1. The smallest absolute Gasteiger partial charge is 0.410 e. The number of ether oxygens (including phenoxy) is 3. The second-order valence-corrected chi connectivity index (χ2v) is 21.4. The SMILES string of the molecule is C/C=C1/C[C@H](Cc2ccccc2)N(C(=O)OCc2ccccc2)[C@H](C)C1.C=CC.CC[C@@H]1C[C@H](Cc2ccccc2)N(C(=O)OCc2ccccc2)[C@H](C)C1.C[C@@H]1CC(=O)C[C@H](Cc2ccccc2)N1C(=O)OCc1ccccc1. The van der Waals surface area contributed by atoms with Crippen molar-refractivity contribution in [3.05, 3.63) is 240 Å². The molecule has 422 valence electrons. The topological polar surface area (TPSA) is 106 Å². The molecule has 0 N–H and O–H groups in total. The number of hydrogen-bond acceptors (Lipinski definition) is 7. The third kappa shape index (κ3) is 19.6. The van der Waals surface area contributed by atoms with E-state index in [9.17, 15) is 19.2 Å². The third-order valence-corrected chi connectivity index (χ3v) is 15.1. The summed E-state index contributed by atoms with van der Waals surface area (Å²) in [5, 5.41) is 0. The van der Waals surface area contributed by atoms with Crippen molar-refractivity contribution in [2.45, 2.75) is 162 Å². The number of likely N-dealkylation sites (tertiary alicyclic amines) is 3. The molecule has 3 heterocycles. The van der Waals surface area contributed by atoms with Crippen molar-refractivity contribution in [1.82, 2.24) is 14.7 Å². The van der Waals surface area contributed by atoms with Crippen molar-refractivity contribution in [2.75, 3.05) is 0 Å². The van der Waals surface area contributed by atoms with Gasteiger partial charge in [-0.1, -0.05) is 213 Å². The van der Waals surface area contributed by atoms with Crippen molar-refractivity contribution in [3.8, 4) is 0 Å². The molecule has 3 aliphatic rings. The van der Waals surface area contributed by atoms with Gasteiger partial charge in [0.2, 0.25) is 0 Å². The van der Waals surface area contributed by atoms with Crippen LogP contribution in [0, 0.1) is 5.92 Å². The Hall–Kier alpha value is -7.72. The maximum absolute atomic E-state index is 12.9. The van der Waals surface area contributed by atoms with Gasteiger partial charge < -0.3 is 28.9 Å². The normalized spacial score (nSPS) is 21.0. The molecule has 3 fully saturated rings. The monoisotopic (exact) mass is 1080 g/mol. The number of hydrogen-bond donors (Lipinski definition) is 0. The molecule has 10 heteroatoms. The van der Waals surface area contributed by atoms with Crippen molar-refractivity contribution >= 4 is 24.1 Å². The van der Waals surface area contributed by atoms with Crippen LogP contribution in [-0.4, -0.2) is 75.0 Å². The summed E-state index contributed by atoms with van der Waals surface area (Å²) in [6.07, 6.45) is 11.5. The zero-order valence-corrected chi connectivity index (χ0v) is 48.1. The van der Waals surface area contributed by atoms with Crippen molar-refractivity contribution in [2.24, 2.45) is 5.92 Å². The van der Waals surface area contributed by atoms with Crippen LogP contribution in [0.1, 0.15) is 120 Å². The van der Waals surface area contributed by atoms with Gasteiger partial charge in [0.1, 0.15) is 25.6 Å². The van der Waals surface area contributed by atoms with Crippen LogP contribution in [0.25, 0.3) is 0 Å². The average Bonchev–Trinajstić information content (AvgIpc) is 3.49. The number of piperidine rings is 3. The Labute approximate surface area is 477 Å². The minimum atomic E-state index is -0.343. The van der Waals surface area contributed by atoms with Gasteiger partial charge >= 0.3 is 18.3 Å². The summed E-state index contributed by atoms with van der Waals surface area (Å²) >= 11 is 0. The molecule has 9 rings (SSSR count). The molecule has 6 aromatic rings. The van der Waals surface area contributed by atoms with Crippen LogP contribution >= 0.6 is 0 Å². The van der Waals surface area contributed by atoms with E-state index >= 15 is 0 Å². The first-order valence-electron chi connectivity index (χ1n) is 28.7. The van der Waals surface area contributed by atoms with E-state index in [0.717, 1.165) is 60.8 Å².